The van der Waals surface area contributed by atoms with E-state index in [2.05, 4.69) is 13.2 Å². The largest absolute Gasteiger partial charge is 0.441 e. The van der Waals surface area contributed by atoms with E-state index in [-0.39, 0.29) is 30.3 Å². The lowest BCUT2D eigenvalue weighted by Gasteiger charge is -2.24. The molecule has 2 aromatic carbocycles. The summed E-state index contributed by atoms with van der Waals surface area (Å²) in [5.74, 6) is -1.10. The van der Waals surface area contributed by atoms with Gasteiger partial charge in [0.15, 0.2) is 13.5 Å². The topological polar surface area (TPSA) is 99.0 Å². The summed E-state index contributed by atoms with van der Waals surface area (Å²) in [7, 11) is 0. The van der Waals surface area contributed by atoms with Gasteiger partial charge in [-0.2, -0.15) is 0 Å². The molecule has 0 aliphatic rings. The van der Waals surface area contributed by atoms with E-state index < -0.39 is 16.9 Å². The Labute approximate surface area is 186 Å². The van der Waals surface area contributed by atoms with E-state index in [0.717, 1.165) is 11.1 Å². The van der Waals surface area contributed by atoms with Crippen LogP contribution < -0.4 is 4.90 Å². The number of nitro benzene ring substituents is 1. The predicted octanol–water partition coefficient (Wildman–Crippen LogP) is 4.73. The first kappa shape index (κ1) is 24.1. The molecule has 0 fully saturated rings. The average molecular weight is 436 g/mol. The van der Waals surface area contributed by atoms with Crippen molar-refractivity contribution in [3.8, 4) is 0 Å². The quantitative estimate of drug-likeness (QED) is 0.133. The highest BCUT2D eigenvalue weighted by atomic mass is 16.6. The molecule has 0 heterocycles. The zero-order valence-electron chi connectivity index (χ0n) is 17.9. The molecule has 32 heavy (non-hydrogen) atoms. The highest BCUT2D eigenvalue weighted by Gasteiger charge is 2.13. The van der Waals surface area contributed by atoms with Gasteiger partial charge in [-0.25, -0.2) is 9.59 Å². The predicted molar refractivity (Wildman–Crippen MR) is 122 cm³/mol. The number of anilines is 1. The van der Waals surface area contributed by atoms with Crippen molar-refractivity contribution >= 4 is 35.5 Å². The molecule has 8 heteroatoms. The molecule has 0 aromatic heterocycles. The summed E-state index contributed by atoms with van der Waals surface area (Å²) in [5.41, 5.74) is 2.92. The van der Waals surface area contributed by atoms with Crippen LogP contribution in [0.15, 0.2) is 72.8 Å². The van der Waals surface area contributed by atoms with Crippen LogP contribution in [-0.4, -0.2) is 30.3 Å². The maximum atomic E-state index is 11.7. The molecular formula is C24H24N2O6. The second-order valence-electron chi connectivity index (χ2n) is 7.00. The first-order valence-electron chi connectivity index (χ1n) is 9.60. The number of ether oxygens (including phenoxy) is 2. The molecule has 0 radical (unpaired) electrons. The number of nitrogens with zero attached hydrogens (tertiary/aromatic N) is 2. The fourth-order valence-electron chi connectivity index (χ4n) is 2.40. The summed E-state index contributed by atoms with van der Waals surface area (Å²) in [5, 5.41) is 10.7. The van der Waals surface area contributed by atoms with E-state index in [4.69, 9.17) is 9.47 Å². The molecule has 0 saturated heterocycles. The number of esters is 2. The third kappa shape index (κ3) is 7.24. The molecule has 0 N–H and O–H groups in total. The smallest absolute Gasteiger partial charge is 0.334 e. The standard InChI is InChI=1S/C24H24N2O6/c1-17(2)23(27)31-15-25(16-32-24(28)18(3)4)21-11-7-19(8-12-21)5-6-20-9-13-22(14-10-20)26(29)30/h5-14H,1,3,15-16H2,2,4H3. The van der Waals surface area contributed by atoms with Crippen LogP contribution in [0.1, 0.15) is 25.0 Å². The van der Waals surface area contributed by atoms with E-state index in [1.807, 2.05) is 24.3 Å². The van der Waals surface area contributed by atoms with Crippen LogP contribution in [0.25, 0.3) is 12.2 Å². The Morgan fingerprint density at radius 2 is 1.28 bits per heavy atom. The Morgan fingerprint density at radius 3 is 1.66 bits per heavy atom. The molecule has 0 saturated carbocycles. The van der Waals surface area contributed by atoms with Crippen LogP contribution in [0.2, 0.25) is 0 Å². The third-order valence-electron chi connectivity index (χ3n) is 4.23. The van der Waals surface area contributed by atoms with Crippen LogP contribution in [0.3, 0.4) is 0 Å². The maximum Gasteiger partial charge on any atom is 0.334 e. The molecule has 0 unspecified atom stereocenters. The highest BCUT2D eigenvalue weighted by Crippen LogP contribution is 2.19. The molecule has 0 atom stereocenters. The first-order valence-corrected chi connectivity index (χ1v) is 9.60. The van der Waals surface area contributed by atoms with E-state index in [1.54, 1.807) is 43.0 Å². The van der Waals surface area contributed by atoms with Gasteiger partial charge in [-0.1, -0.05) is 37.4 Å². The molecule has 166 valence electrons. The van der Waals surface area contributed by atoms with Gasteiger partial charge < -0.3 is 14.4 Å². The van der Waals surface area contributed by atoms with Crippen molar-refractivity contribution in [2.75, 3.05) is 18.4 Å². The van der Waals surface area contributed by atoms with E-state index in [9.17, 15) is 19.7 Å². The molecule has 0 aliphatic heterocycles. The Morgan fingerprint density at radius 1 is 0.875 bits per heavy atom. The summed E-state index contributed by atoms with van der Waals surface area (Å²) in [6.07, 6.45) is 3.69. The number of nitro groups is 1. The molecular weight excluding hydrogens is 412 g/mol. The van der Waals surface area contributed by atoms with E-state index >= 15 is 0 Å². The Bertz CT molecular complexity index is 1010. The molecule has 2 aromatic rings. The van der Waals surface area contributed by atoms with Gasteiger partial charge in [0.1, 0.15) is 0 Å². The second-order valence-corrected chi connectivity index (χ2v) is 7.00. The van der Waals surface area contributed by atoms with Crippen molar-refractivity contribution in [1.29, 1.82) is 0 Å². The average Bonchev–Trinajstić information content (AvgIpc) is 2.77. The second kappa shape index (κ2) is 11.3. The summed E-state index contributed by atoms with van der Waals surface area (Å²) < 4.78 is 10.4. The number of hydrogen-bond acceptors (Lipinski definition) is 7. The number of rotatable bonds is 10. The Balaban J connectivity index is 2.11. The van der Waals surface area contributed by atoms with Gasteiger partial charge >= 0.3 is 11.9 Å². The summed E-state index contributed by atoms with van der Waals surface area (Å²) >= 11 is 0. The summed E-state index contributed by atoms with van der Waals surface area (Å²) in [6.45, 7) is 9.90. The van der Waals surface area contributed by atoms with Crippen LogP contribution in [0.5, 0.6) is 0 Å². The van der Waals surface area contributed by atoms with Crippen LogP contribution in [0, 0.1) is 10.1 Å². The van der Waals surface area contributed by atoms with Crippen molar-refractivity contribution < 1.29 is 24.0 Å². The zero-order valence-corrected chi connectivity index (χ0v) is 17.9. The lowest BCUT2D eigenvalue weighted by molar-refractivity contribution is -0.384. The third-order valence-corrected chi connectivity index (χ3v) is 4.23. The first-order chi connectivity index (χ1) is 15.2. The Hall–Kier alpha value is -4.20. The van der Waals surface area contributed by atoms with Gasteiger partial charge in [0.25, 0.3) is 5.69 Å². The van der Waals surface area contributed by atoms with Crippen molar-refractivity contribution in [3.05, 3.63) is 94.1 Å². The van der Waals surface area contributed by atoms with Crippen molar-refractivity contribution in [3.63, 3.8) is 0 Å². The molecule has 8 nitrogen and oxygen atoms in total. The number of hydrogen-bond donors (Lipinski definition) is 0. The normalized spacial score (nSPS) is 10.4. The Kier molecular flexibility index (Phi) is 8.47. The number of non-ortho nitro benzene ring substituents is 1. The minimum Gasteiger partial charge on any atom is -0.441 e. The lowest BCUT2D eigenvalue weighted by Crippen LogP contribution is -2.31. The fraction of sp³-hybridized carbons (Fsp3) is 0.167. The summed E-state index contributed by atoms with van der Waals surface area (Å²) in [4.78, 5) is 35.3. The van der Waals surface area contributed by atoms with E-state index in [0.29, 0.717) is 5.69 Å². The molecule has 0 amide bonds. The monoisotopic (exact) mass is 436 g/mol. The van der Waals surface area contributed by atoms with Crippen molar-refractivity contribution in [2.24, 2.45) is 0 Å². The van der Waals surface area contributed by atoms with Crippen LogP contribution in [-0.2, 0) is 19.1 Å². The molecule has 2 rings (SSSR count). The number of benzene rings is 2. The van der Waals surface area contributed by atoms with Crippen LogP contribution >= 0.6 is 0 Å². The minimum absolute atomic E-state index is 0.0336. The SMILES string of the molecule is C=C(C)C(=O)OCN(COC(=O)C(=C)C)c1ccc(C=Cc2ccc([N+](=O)[O-])cc2)cc1. The molecule has 0 bridgehead atoms. The van der Waals surface area contributed by atoms with Gasteiger partial charge in [0.2, 0.25) is 0 Å². The molecule has 0 aliphatic carbocycles. The van der Waals surface area contributed by atoms with Crippen LogP contribution in [0.4, 0.5) is 11.4 Å². The lowest BCUT2D eigenvalue weighted by atomic mass is 10.1. The van der Waals surface area contributed by atoms with Gasteiger partial charge in [-0.3, -0.25) is 10.1 Å². The fourth-order valence-corrected chi connectivity index (χ4v) is 2.40. The molecule has 0 spiro atoms. The summed E-state index contributed by atoms with van der Waals surface area (Å²) in [6, 6.07) is 13.5. The maximum absolute atomic E-state index is 11.7. The number of carbonyl (C=O) groups is 2. The zero-order chi connectivity index (χ0) is 23.7. The minimum atomic E-state index is -0.552. The van der Waals surface area contributed by atoms with Crippen molar-refractivity contribution in [1.82, 2.24) is 0 Å². The van der Waals surface area contributed by atoms with Gasteiger partial charge in [0, 0.05) is 29.0 Å². The highest BCUT2D eigenvalue weighted by molar-refractivity contribution is 5.87. The van der Waals surface area contributed by atoms with E-state index in [1.165, 1.54) is 12.1 Å². The van der Waals surface area contributed by atoms with Gasteiger partial charge in [-0.05, 0) is 49.2 Å². The number of carbonyl (C=O) groups excluding carboxylic acids is 2. The van der Waals surface area contributed by atoms with Gasteiger partial charge in [0.05, 0.1) is 4.92 Å². The van der Waals surface area contributed by atoms with Gasteiger partial charge in [-0.15, -0.1) is 0 Å². The van der Waals surface area contributed by atoms with Crippen molar-refractivity contribution in [2.45, 2.75) is 13.8 Å².